The molecule has 0 aliphatic carbocycles. The molecule has 0 radical (unpaired) electrons. The van der Waals surface area contributed by atoms with Crippen molar-refractivity contribution in [3.05, 3.63) is 77.9 Å². The molecule has 7 heteroatoms. The topological polar surface area (TPSA) is 80.1 Å². The first-order valence-corrected chi connectivity index (χ1v) is 9.64. The fourth-order valence-corrected chi connectivity index (χ4v) is 3.72. The summed E-state index contributed by atoms with van der Waals surface area (Å²) in [6, 6.07) is 14.6. The van der Waals surface area contributed by atoms with Crippen LogP contribution < -0.4 is 5.32 Å². The maximum atomic E-state index is 13.1. The third-order valence-corrected chi connectivity index (χ3v) is 5.12. The number of hydrogen-bond acceptors (Lipinski definition) is 4. The number of aromatic nitrogens is 3. The lowest BCUT2D eigenvalue weighted by molar-refractivity contribution is -0.122. The van der Waals surface area contributed by atoms with E-state index in [4.69, 9.17) is 0 Å². The van der Waals surface area contributed by atoms with Gasteiger partial charge in [0.25, 0.3) is 5.91 Å². The molecular weight excluding hydrogens is 366 g/mol. The summed E-state index contributed by atoms with van der Waals surface area (Å²) < 4.78 is 1.74. The Morgan fingerprint density at radius 3 is 2.55 bits per heavy atom. The molecule has 1 unspecified atom stereocenters. The van der Waals surface area contributed by atoms with E-state index in [-0.39, 0.29) is 17.7 Å². The van der Waals surface area contributed by atoms with Crippen molar-refractivity contribution in [1.82, 2.24) is 19.7 Å². The summed E-state index contributed by atoms with van der Waals surface area (Å²) in [7, 11) is 0. The van der Waals surface area contributed by atoms with E-state index in [1.807, 2.05) is 62.4 Å². The van der Waals surface area contributed by atoms with Gasteiger partial charge in [0.2, 0.25) is 5.91 Å². The normalized spacial score (nSPS) is 14.2. The Labute approximate surface area is 169 Å². The van der Waals surface area contributed by atoms with Crippen LogP contribution in [0.25, 0.3) is 0 Å². The van der Waals surface area contributed by atoms with Crippen LogP contribution in [0.1, 0.15) is 35.3 Å². The predicted molar refractivity (Wildman–Crippen MR) is 109 cm³/mol. The maximum Gasteiger partial charge on any atom is 0.255 e. The summed E-state index contributed by atoms with van der Waals surface area (Å²) in [5.41, 5.74) is 3.41. The number of fused-ring (bicyclic) bond motifs is 1. The Morgan fingerprint density at radius 1 is 1.14 bits per heavy atom. The summed E-state index contributed by atoms with van der Waals surface area (Å²) >= 11 is 0. The first kappa shape index (κ1) is 18.9. The molecule has 2 heterocycles. The van der Waals surface area contributed by atoms with Gasteiger partial charge in [-0.3, -0.25) is 9.59 Å². The van der Waals surface area contributed by atoms with Crippen molar-refractivity contribution in [2.75, 3.05) is 5.32 Å². The van der Waals surface area contributed by atoms with Gasteiger partial charge in [-0.05, 0) is 35.2 Å². The molecule has 1 aromatic heterocycles. The van der Waals surface area contributed by atoms with Crippen LogP contribution in [0.5, 0.6) is 0 Å². The first-order valence-electron chi connectivity index (χ1n) is 9.64. The molecule has 0 fully saturated rings. The number of carbonyl (C=O) groups excluding carboxylic acids is 2. The zero-order chi connectivity index (χ0) is 20.4. The standard InChI is InChI=1S/C22H23N5O2/c1-15(2)20(27-12-17-5-3-4-6-19(17)22(27)29)21(28)25-18-9-7-16(8-10-18)11-26-14-23-13-24-26/h3-10,13-15,20H,11-12H2,1-2H3,(H,25,28). The number of anilines is 1. The minimum atomic E-state index is -0.537. The molecule has 3 aromatic rings. The monoisotopic (exact) mass is 389 g/mol. The lowest BCUT2D eigenvalue weighted by Gasteiger charge is -2.30. The molecule has 0 saturated carbocycles. The van der Waals surface area contributed by atoms with E-state index in [1.54, 1.807) is 15.9 Å². The van der Waals surface area contributed by atoms with Crippen molar-refractivity contribution >= 4 is 17.5 Å². The van der Waals surface area contributed by atoms with Crippen molar-refractivity contribution in [1.29, 1.82) is 0 Å². The van der Waals surface area contributed by atoms with Gasteiger partial charge in [-0.2, -0.15) is 5.10 Å². The van der Waals surface area contributed by atoms with E-state index < -0.39 is 6.04 Å². The van der Waals surface area contributed by atoms with Gasteiger partial charge in [-0.15, -0.1) is 0 Å². The lowest BCUT2D eigenvalue weighted by Crippen LogP contribution is -2.47. The van der Waals surface area contributed by atoms with Crippen LogP contribution >= 0.6 is 0 Å². The van der Waals surface area contributed by atoms with Gasteiger partial charge in [-0.25, -0.2) is 9.67 Å². The molecule has 29 heavy (non-hydrogen) atoms. The van der Waals surface area contributed by atoms with Crippen LogP contribution in [-0.2, 0) is 17.9 Å². The number of carbonyl (C=O) groups is 2. The second-order valence-corrected chi connectivity index (χ2v) is 7.56. The second kappa shape index (κ2) is 7.87. The van der Waals surface area contributed by atoms with Crippen LogP contribution in [0.3, 0.4) is 0 Å². The van der Waals surface area contributed by atoms with E-state index in [1.165, 1.54) is 6.33 Å². The van der Waals surface area contributed by atoms with Crippen molar-refractivity contribution in [3.63, 3.8) is 0 Å². The fraction of sp³-hybridized carbons (Fsp3) is 0.273. The van der Waals surface area contributed by atoms with Crippen LogP contribution in [-0.4, -0.2) is 37.5 Å². The highest BCUT2D eigenvalue weighted by atomic mass is 16.2. The highest BCUT2D eigenvalue weighted by Crippen LogP contribution is 2.27. The summed E-state index contributed by atoms with van der Waals surface area (Å²) in [5.74, 6) is -0.275. The highest BCUT2D eigenvalue weighted by molar-refractivity contribution is 6.03. The smallest absolute Gasteiger partial charge is 0.255 e. The van der Waals surface area contributed by atoms with Gasteiger partial charge in [0.1, 0.15) is 18.7 Å². The quantitative estimate of drug-likeness (QED) is 0.703. The molecule has 1 atom stereocenters. The summed E-state index contributed by atoms with van der Waals surface area (Å²) in [5, 5.41) is 7.06. The molecule has 2 amide bonds. The number of nitrogens with one attached hydrogen (secondary N) is 1. The Balaban J connectivity index is 1.46. The average molecular weight is 389 g/mol. The minimum absolute atomic E-state index is 0.0140. The molecule has 0 spiro atoms. The molecule has 2 aromatic carbocycles. The number of benzene rings is 2. The van der Waals surface area contributed by atoms with Gasteiger partial charge in [0, 0.05) is 17.8 Å². The fourth-order valence-electron chi connectivity index (χ4n) is 3.72. The maximum absolute atomic E-state index is 13.1. The molecule has 0 saturated heterocycles. The van der Waals surface area contributed by atoms with Crippen molar-refractivity contribution in [2.45, 2.75) is 33.0 Å². The van der Waals surface area contributed by atoms with Crippen LogP contribution in [0, 0.1) is 5.92 Å². The van der Waals surface area contributed by atoms with Gasteiger partial charge < -0.3 is 10.2 Å². The van der Waals surface area contributed by atoms with Crippen molar-refractivity contribution < 1.29 is 9.59 Å². The van der Waals surface area contributed by atoms with Crippen LogP contribution in [0.15, 0.2) is 61.2 Å². The molecule has 4 rings (SSSR count). The summed E-state index contributed by atoms with van der Waals surface area (Å²) in [6.45, 7) is 5.00. The third-order valence-electron chi connectivity index (χ3n) is 5.12. The zero-order valence-electron chi connectivity index (χ0n) is 16.4. The molecular formula is C22H23N5O2. The number of hydrogen-bond donors (Lipinski definition) is 1. The van der Waals surface area contributed by atoms with Gasteiger partial charge in [0.05, 0.1) is 6.54 Å². The van der Waals surface area contributed by atoms with E-state index in [9.17, 15) is 9.59 Å². The number of nitrogens with zero attached hydrogens (tertiary/aromatic N) is 4. The highest BCUT2D eigenvalue weighted by Gasteiger charge is 2.37. The first-order chi connectivity index (χ1) is 14.0. The second-order valence-electron chi connectivity index (χ2n) is 7.56. The van der Waals surface area contributed by atoms with E-state index in [0.717, 1.165) is 11.1 Å². The molecule has 148 valence electrons. The SMILES string of the molecule is CC(C)C(C(=O)Nc1ccc(Cn2cncn2)cc1)N1Cc2ccccc2C1=O. The Kier molecular flexibility index (Phi) is 5.12. The predicted octanol–water partition coefficient (Wildman–Crippen LogP) is 2.95. The lowest BCUT2D eigenvalue weighted by atomic mass is 10.0. The van der Waals surface area contributed by atoms with Gasteiger partial charge in [-0.1, -0.05) is 44.2 Å². The van der Waals surface area contributed by atoms with Crippen molar-refractivity contribution in [3.8, 4) is 0 Å². The zero-order valence-corrected chi connectivity index (χ0v) is 16.4. The van der Waals surface area contributed by atoms with E-state index in [0.29, 0.717) is 24.3 Å². The van der Waals surface area contributed by atoms with Crippen LogP contribution in [0.2, 0.25) is 0 Å². The number of amides is 2. The molecule has 1 aliphatic heterocycles. The summed E-state index contributed by atoms with van der Waals surface area (Å²) in [6.07, 6.45) is 3.16. The van der Waals surface area contributed by atoms with Gasteiger partial charge in [0.15, 0.2) is 0 Å². The Bertz CT molecular complexity index is 1010. The van der Waals surface area contributed by atoms with E-state index >= 15 is 0 Å². The molecule has 0 bridgehead atoms. The minimum Gasteiger partial charge on any atom is -0.324 e. The molecule has 1 N–H and O–H groups in total. The van der Waals surface area contributed by atoms with Gasteiger partial charge >= 0.3 is 0 Å². The van der Waals surface area contributed by atoms with Crippen LogP contribution in [0.4, 0.5) is 5.69 Å². The van der Waals surface area contributed by atoms with E-state index in [2.05, 4.69) is 15.4 Å². The third kappa shape index (κ3) is 3.89. The molecule has 1 aliphatic rings. The number of rotatable bonds is 6. The van der Waals surface area contributed by atoms with Crippen molar-refractivity contribution in [2.24, 2.45) is 5.92 Å². The molecule has 7 nitrogen and oxygen atoms in total. The Morgan fingerprint density at radius 2 is 1.90 bits per heavy atom. The summed E-state index contributed by atoms with van der Waals surface area (Å²) in [4.78, 5) is 31.5. The average Bonchev–Trinajstić information content (AvgIpc) is 3.32. The Hall–Kier alpha value is -3.48. The largest absolute Gasteiger partial charge is 0.324 e.